The molecule has 0 aromatic rings. The van der Waals surface area contributed by atoms with Gasteiger partial charge in [0.15, 0.2) is 0 Å². The Kier molecular flexibility index (Phi) is 6.21. The van der Waals surface area contributed by atoms with Crippen molar-refractivity contribution in [3.8, 4) is 0 Å². The quantitative estimate of drug-likeness (QED) is 0.342. The summed E-state index contributed by atoms with van der Waals surface area (Å²) in [7, 11) is 0. The van der Waals surface area contributed by atoms with Crippen LogP contribution in [0, 0.1) is 0 Å². The lowest BCUT2D eigenvalue weighted by atomic mass is 10.3. The highest BCUT2D eigenvalue weighted by atomic mass is 16.4. The Balaban J connectivity index is 3.26. The number of carbonyl (C=O) groups excluding carboxylic acids is 2. The van der Waals surface area contributed by atoms with Crippen molar-refractivity contribution >= 4 is 18.3 Å². The molecule has 0 aliphatic heterocycles. The van der Waals surface area contributed by atoms with Crippen LogP contribution >= 0.6 is 0 Å². The molecule has 0 heterocycles. The molecule has 0 spiro atoms. The molecular weight excluding hydrogens is 176 g/mol. The number of aliphatic carboxylic acids is 1. The second-order valence-corrected chi connectivity index (χ2v) is 2.35. The van der Waals surface area contributed by atoms with Crippen LogP contribution in [0.25, 0.3) is 0 Å². The van der Waals surface area contributed by atoms with Gasteiger partial charge in [0.05, 0.1) is 6.54 Å². The first-order valence-electron chi connectivity index (χ1n) is 3.82. The van der Waals surface area contributed by atoms with Crippen molar-refractivity contribution in [1.29, 1.82) is 0 Å². The molecule has 13 heavy (non-hydrogen) atoms. The molecule has 3 N–H and O–H groups in total. The maximum Gasteiger partial charge on any atom is 0.303 e. The van der Waals surface area contributed by atoms with Gasteiger partial charge in [-0.15, -0.1) is 0 Å². The molecular formula is C7H12N2O4. The Hall–Kier alpha value is -1.59. The summed E-state index contributed by atoms with van der Waals surface area (Å²) >= 11 is 0. The van der Waals surface area contributed by atoms with E-state index in [-0.39, 0.29) is 18.9 Å². The van der Waals surface area contributed by atoms with Gasteiger partial charge in [-0.3, -0.25) is 14.4 Å². The van der Waals surface area contributed by atoms with Gasteiger partial charge in [0.2, 0.25) is 12.3 Å². The summed E-state index contributed by atoms with van der Waals surface area (Å²) in [6.45, 7) is 0.238. The Morgan fingerprint density at radius 3 is 2.62 bits per heavy atom. The number of rotatable bonds is 7. The predicted molar refractivity (Wildman–Crippen MR) is 43.9 cm³/mol. The van der Waals surface area contributed by atoms with Gasteiger partial charge in [0.1, 0.15) is 0 Å². The van der Waals surface area contributed by atoms with Crippen LogP contribution in [0.4, 0.5) is 0 Å². The molecule has 0 bridgehead atoms. The average Bonchev–Trinajstić information content (AvgIpc) is 2.08. The first kappa shape index (κ1) is 11.4. The van der Waals surface area contributed by atoms with E-state index in [1.165, 1.54) is 0 Å². The van der Waals surface area contributed by atoms with E-state index >= 15 is 0 Å². The second-order valence-electron chi connectivity index (χ2n) is 2.35. The summed E-state index contributed by atoms with van der Waals surface area (Å²) in [5, 5.41) is 12.9. The van der Waals surface area contributed by atoms with Gasteiger partial charge in [0.25, 0.3) is 0 Å². The monoisotopic (exact) mass is 188 g/mol. The molecule has 6 nitrogen and oxygen atoms in total. The number of carbonyl (C=O) groups is 3. The van der Waals surface area contributed by atoms with Crippen molar-refractivity contribution in [3.63, 3.8) is 0 Å². The van der Waals surface area contributed by atoms with E-state index in [0.717, 1.165) is 0 Å². The summed E-state index contributed by atoms with van der Waals surface area (Å²) < 4.78 is 0. The molecule has 0 radical (unpaired) electrons. The molecule has 0 rings (SSSR count). The van der Waals surface area contributed by atoms with Gasteiger partial charge in [-0.1, -0.05) is 0 Å². The van der Waals surface area contributed by atoms with Gasteiger partial charge < -0.3 is 15.7 Å². The van der Waals surface area contributed by atoms with Gasteiger partial charge in [-0.2, -0.15) is 0 Å². The summed E-state index contributed by atoms with van der Waals surface area (Å²) in [6.07, 6.45) is 0.848. The largest absolute Gasteiger partial charge is 0.481 e. The minimum atomic E-state index is -0.889. The van der Waals surface area contributed by atoms with Crippen LogP contribution in [0.5, 0.6) is 0 Å². The maximum absolute atomic E-state index is 10.8. The van der Waals surface area contributed by atoms with Crippen molar-refractivity contribution in [2.75, 3.05) is 13.1 Å². The molecule has 0 aromatic heterocycles. The summed E-state index contributed by atoms with van der Waals surface area (Å²) in [6, 6.07) is 0. The number of amides is 2. The van der Waals surface area contributed by atoms with E-state index < -0.39 is 5.97 Å². The molecule has 0 aromatic carbocycles. The van der Waals surface area contributed by atoms with Crippen LogP contribution in [-0.2, 0) is 14.4 Å². The fraction of sp³-hybridized carbons (Fsp3) is 0.571. The molecule has 0 aliphatic carbocycles. The molecule has 0 aliphatic rings. The van der Waals surface area contributed by atoms with Crippen LogP contribution in [0.3, 0.4) is 0 Å². The fourth-order valence-electron chi connectivity index (χ4n) is 0.664. The number of hydrogen-bond donors (Lipinski definition) is 3. The highest BCUT2D eigenvalue weighted by Crippen LogP contribution is 1.85. The Morgan fingerprint density at radius 1 is 1.38 bits per heavy atom. The molecule has 0 saturated heterocycles. The van der Waals surface area contributed by atoms with Gasteiger partial charge in [0, 0.05) is 13.0 Å². The number of carboxylic acid groups (broad SMARTS) is 1. The van der Waals surface area contributed by atoms with E-state index in [0.29, 0.717) is 19.4 Å². The zero-order chi connectivity index (χ0) is 10.1. The van der Waals surface area contributed by atoms with Crippen molar-refractivity contribution in [3.05, 3.63) is 0 Å². The minimum absolute atomic E-state index is 0.0292. The van der Waals surface area contributed by atoms with Crippen LogP contribution in [0.1, 0.15) is 12.8 Å². The third-order valence-corrected chi connectivity index (χ3v) is 1.24. The lowest BCUT2D eigenvalue weighted by Crippen LogP contribution is -2.33. The first-order valence-corrected chi connectivity index (χ1v) is 3.82. The molecule has 0 fully saturated rings. The fourth-order valence-corrected chi connectivity index (χ4v) is 0.664. The third-order valence-electron chi connectivity index (χ3n) is 1.24. The van der Waals surface area contributed by atoms with Crippen LogP contribution in [0.15, 0.2) is 0 Å². The normalized spacial score (nSPS) is 8.92. The molecule has 0 unspecified atom stereocenters. The van der Waals surface area contributed by atoms with Crippen LogP contribution in [0.2, 0.25) is 0 Å². The first-order chi connectivity index (χ1) is 6.16. The maximum atomic E-state index is 10.8. The smallest absolute Gasteiger partial charge is 0.303 e. The molecule has 2 amide bonds. The van der Waals surface area contributed by atoms with E-state index in [9.17, 15) is 14.4 Å². The number of nitrogens with one attached hydrogen (secondary N) is 2. The average molecular weight is 188 g/mol. The zero-order valence-corrected chi connectivity index (χ0v) is 7.08. The highest BCUT2D eigenvalue weighted by molar-refractivity contribution is 5.79. The summed E-state index contributed by atoms with van der Waals surface area (Å²) in [5.74, 6) is -1.21. The van der Waals surface area contributed by atoms with E-state index in [4.69, 9.17) is 5.11 Å². The summed E-state index contributed by atoms with van der Waals surface area (Å²) in [5.41, 5.74) is 0. The Morgan fingerprint density at radius 2 is 2.08 bits per heavy atom. The van der Waals surface area contributed by atoms with Crippen LogP contribution < -0.4 is 10.6 Å². The zero-order valence-electron chi connectivity index (χ0n) is 7.08. The summed E-state index contributed by atoms with van der Waals surface area (Å²) in [4.78, 5) is 30.6. The minimum Gasteiger partial charge on any atom is -0.481 e. The Bertz CT molecular complexity index is 193. The van der Waals surface area contributed by atoms with Crippen molar-refractivity contribution in [2.24, 2.45) is 0 Å². The van der Waals surface area contributed by atoms with Gasteiger partial charge in [-0.25, -0.2) is 0 Å². The van der Waals surface area contributed by atoms with Gasteiger partial charge in [-0.05, 0) is 6.42 Å². The SMILES string of the molecule is O=CNCC(=O)NCCCC(=O)O. The molecule has 6 heteroatoms. The van der Waals surface area contributed by atoms with Crippen LogP contribution in [-0.4, -0.2) is 36.5 Å². The molecule has 74 valence electrons. The van der Waals surface area contributed by atoms with Gasteiger partial charge >= 0.3 is 5.97 Å². The van der Waals surface area contributed by atoms with Crippen molar-refractivity contribution in [2.45, 2.75) is 12.8 Å². The highest BCUT2D eigenvalue weighted by Gasteiger charge is 1.99. The number of hydrogen-bond acceptors (Lipinski definition) is 3. The standard InChI is InChI=1S/C7H12N2O4/c10-5-8-4-6(11)9-3-1-2-7(12)13/h5H,1-4H2,(H,8,10)(H,9,11)(H,12,13). The van der Waals surface area contributed by atoms with Crippen molar-refractivity contribution < 1.29 is 19.5 Å². The van der Waals surface area contributed by atoms with Crippen molar-refractivity contribution in [1.82, 2.24) is 10.6 Å². The van der Waals surface area contributed by atoms with E-state index in [1.807, 2.05) is 0 Å². The lowest BCUT2D eigenvalue weighted by molar-refractivity contribution is -0.137. The Labute approximate surface area is 75.3 Å². The molecule has 0 saturated carbocycles. The second kappa shape index (κ2) is 7.08. The molecule has 0 atom stereocenters. The van der Waals surface area contributed by atoms with E-state index in [1.54, 1.807) is 0 Å². The number of carboxylic acids is 1. The lowest BCUT2D eigenvalue weighted by Gasteiger charge is -2.02. The topological polar surface area (TPSA) is 95.5 Å². The third kappa shape index (κ3) is 8.32. The predicted octanol–water partition coefficient (Wildman–Crippen LogP) is -1.29. The van der Waals surface area contributed by atoms with E-state index in [2.05, 4.69) is 10.6 Å².